The van der Waals surface area contributed by atoms with Crippen LogP contribution in [-0.4, -0.2) is 13.3 Å². The molecule has 3 aromatic rings. The molecule has 0 bridgehead atoms. The predicted octanol–water partition coefficient (Wildman–Crippen LogP) is 7.76. The second-order valence-corrected chi connectivity index (χ2v) is 11.2. The molecule has 2 aromatic carbocycles. The Morgan fingerprint density at radius 2 is 1.94 bits per heavy atom. The van der Waals surface area contributed by atoms with Crippen LogP contribution in [0.25, 0.3) is 0 Å². The highest BCUT2D eigenvalue weighted by atomic mass is 35.5. The lowest BCUT2D eigenvalue weighted by atomic mass is 9.72. The van der Waals surface area contributed by atoms with Crippen molar-refractivity contribution in [1.82, 2.24) is 0 Å². The van der Waals surface area contributed by atoms with E-state index in [1.54, 1.807) is 24.7 Å². The first-order valence-corrected chi connectivity index (χ1v) is 12.6. The third kappa shape index (κ3) is 5.46. The van der Waals surface area contributed by atoms with Gasteiger partial charge in [-0.15, -0.1) is 11.3 Å². The van der Waals surface area contributed by atoms with E-state index in [-0.39, 0.29) is 5.41 Å². The van der Waals surface area contributed by atoms with E-state index >= 15 is 0 Å². The molecule has 0 aliphatic heterocycles. The summed E-state index contributed by atoms with van der Waals surface area (Å²) >= 11 is 7.61. The normalized spacial score (nSPS) is 15.7. The van der Waals surface area contributed by atoms with Gasteiger partial charge in [-0.25, -0.2) is 4.99 Å². The van der Waals surface area contributed by atoms with Crippen molar-refractivity contribution in [1.29, 1.82) is 5.26 Å². The molecule has 0 amide bonds. The van der Waals surface area contributed by atoms with Crippen molar-refractivity contribution in [3.05, 3.63) is 74.6 Å². The molecule has 1 atom stereocenters. The van der Waals surface area contributed by atoms with Crippen molar-refractivity contribution in [2.24, 2.45) is 16.3 Å². The lowest BCUT2D eigenvalue weighted by Gasteiger charge is -2.33. The maximum Gasteiger partial charge on any atom is 0.161 e. The highest BCUT2D eigenvalue weighted by Gasteiger charge is 2.32. The van der Waals surface area contributed by atoms with Crippen molar-refractivity contribution < 1.29 is 9.47 Å². The van der Waals surface area contributed by atoms with Crippen LogP contribution in [0.3, 0.4) is 0 Å². The molecule has 1 aliphatic carbocycles. The second-order valence-electron chi connectivity index (χ2n) is 9.69. The van der Waals surface area contributed by atoms with Crippen LogP contribution in [0.2, 0.25) is 5.02 Å². The summed E-state index contributed by atoms with van der Waals surface area (Å²) in [6, 6.07) is 15.7. The van der Waals surface area contributed by atoms with Crippen LogP contribution < -0.4 is 9.47 Å². The van der Waals surface area contributed by atoms with Crippen molar-refractivity contribution in [3.63, 3.8) is 0 Å². The quantitative estimate of drug-likeness (QED) is 0.330. The Kier molecular flexibility index (Phi) is 7.30. The lowest BCUT2D eigenvalue weighted by Crippen LogP contribution is -2.26. The molecule has 34 heavy (non-hydrogen) atoms. The topological polar surface area (TPSA) is 54.6 Å². The van der Waals surface area contributed by atoms with E-state index in [0.29, 0.717) is 29.0 Å². The molecular formula is C28H29ClN2O2S. The van der Waals surface area contributed by atoms with E-state index in [0.717, 1.165) is 41.0 Å². The van der Waals surface area contributed by atoms with Crippen LogP contribution in [0.4, 0.5) is 5.00 Å². The maximum absolute atomic E-state index is 9.81. The molecule has 1 heterocycles. The smallest absolute Gasteiger partial charge is 0.161 e. The number of aliphatic imine (C=N–C) groups is 1. The molecule has 176 valence electrons. The Bertz CT molecular complexity index is 1230. The van der Waals surface area contributed by atoms with Gasteiger partial charge >= 0.3 is 0 Å². The van der Waals surface area contributed by atoms with E-state index < -0.39 is 0 Å². The number of thiophene rings is 1. The zero-order chi connectivity index (χ0) is 24.3. The van der Waals surface area contributed by atoms with Gasteiger partial charge < -0.3 is 9.47 Å². The first-order valence-electron chi connectivity index (χ1n) is 11.4. The lowest BCUT2D eigenvalue weighted by molar-refractivity contribution is 0.218. The Hall–Kier alpha value is -2.81. The van der Waals surface area contributed by atoms with Crippen LogP contribution in [0.1, 0.15) is 54.3 Å². The number of hydrogen-bond acceptors (Lipinski definition) is 5. The van der Waals surface area contributed by atoms with Crippen LogP contribution in [0.5, 0.6) is 11.5 Å². The number of halogens is 1. The fourth-order valence-corrected chi connectivity index (χ4v) is 5.62. The van der Waals surface area contributed by atoms with Crippen LogP contribution >= 0.6 is 22.9 Å². The SMILES string of the molecule is COc1cc(C=Nc2sc3c(c2C#N)CC[C@H](C(C)(C)C)C3)ccc1OCc1ccc(Cl)cc1. The molecule has 4 nitrogen and oxygen atoms in total. The molecule has 0 saturated heterocycles. The monoisotopic (exact) mass is 492 g/mol. The van der Waals surface area contributed by atoms with Gasteiger partial charge in [0, 0.05) is 16.1 Å². The summed E-state index contributed by atoms with van der Waals surface area (Å²) in [6.45, 7) is 7.33. The van der Waals surface area contributed by atoms with Gasteiger partial charge in [0.1, 0.15) is 17.7 Å². The number of nitriles is 1. The van der Waals surface area contributed by atoms with Gasteiger partial charge in [0.25, 0.3) is 0 Å². The molecule has 0 radical (unpaired) electrons. The molecule has 1 aromatic heterocycles. The van der Waals surface area contributed by atoms with E-state index in [9.17, 15) is 5.26 Å². The predicted molar refractivity (Wildman–Crippen MR) is 140 cm³/mol. The van der Waals surface area contributed by atoms with Gasteiger partial charge in [0.2, 0.25) is 0 Å². The molecule has 4 rings (SSSR count). The third-order valence-corrected chi connectivity index (χ3v) is 7.82. The molecule has 1 aliphatic rings. The standard InChI is InChI=1S/C28H29ClN2O2S/c1-28(2,3)20-8-11-22-23(15-30)27(34-26(22)14-20)31-16-19-7-12-24(25(13-19)32-4)33-17-18-5-9-21(29)10-6-18/h5-7,9-10,12-13,16,20H,8,11,14,17H2,1-4H3/t20-/m0/s1. The molecule has 0 fully saturated rings. The number of rotatable bonds is 6. The number of hydrogen-bond donors (Lipinski definition) is 0. The van der Waals surface area contributed by atoms with Crippen molar-refractivity contribution in [2.75, 3.05) is 7.11 Å². The van der Waals surface area contributed by atoms with E-state index in [2.05, 4.69) is 26.8 Å². The zero-order valence-electron chi connectivity index (χ0n) is 20.0. The molecule has 6 heteroatoms. The van der Waals surface area contributed by atoms with Crippen molar-refractivity contribution in [2.45, 2.75) is 46.6 Å². The van der Waals surface area contributed by atoms with Gasteiger partial charge in [0.05, 0.1) is 12.7 Å². The highest BCUT2D eigenvalue weighted by Crippen LogP contribution is 2.45. The van der Waals surface area contributed by atoms with E-state index in [1.807, 2.05) is 42.5 Å². The maximum atomic E-state index is 9.81. The fraction of sp³-hybridized carbons (Fsp3) is 0.357. The van der Waals surface area contributed by atoms with Crippen LogP contribution in [0.15, 0.2) is 47.5 Å². The summed E-state index contributed by atoms with van der Waals surface area (Å²) in [7, 11) is 1.62. The summed E-state index contributed by atoms with van der Waals surface area (Å²) in [5.41, 5.74) is 4.11. The van der Waals surface area contributed by atoms with Gasteiger partial charge in [-0.05, 0) is 77.6 Å². The van der Waals surface area contributed by atoms with Crippen LogP contribution in [-0.2, 0) is 19.4 Å². The Morgan fingerprint density at radius 1 is 1.18 bits per heavy atom. The van der Waals surface area contributed by atoms with Crippen molar-refractivity contribution >= 4 is 34.2 Å². The van der Waals surface area contributed by atoms with Gasteiger partial charge in [-0.3, -0.25) is 0 Å². The van der Waals surface area contributed by atoms with Crippen LogP contribution in [0, 0.1) is 22.7 Å². The fourth-order valence-electron chi connectivity index (χ4n) is 4.28. The number of fused-ring (bicyclic) bond motifs is 1. The van der Waals surface area contributed by atoms with Gasteiger partial charge in [-0.1, -0.05) is 44.5 Å². The van der Waals surface area contributed by atoms with Gasteiger partial charge in [0.15, 0.2) is 11.5 Å². The minimum Gasteiger partial charge on any atom is -0.493 e. The molecular weight excluding hydrogens is 464 g/mol. The summed E-state index contributed by atoms with van der Waals surface area (Å²) < 4.78 is 11.5. The minimum atomic E-state index is 0.270. The number of ether oxygens (including phenoxy) is 2. The Morgan fingerprint density at radius 3 is 2.62 bits per heavy atom. The molecule has 0 unspecified atom stereocenters. The van der Waals surface area contributed by atoms with E-state index in [4.69, 9.17) is 26.1 Å². The molecule has 0 spiro atoms. The third-order valence-electron chi connectivity index (χ3n) is 6.41. The van der Waals surface area contributed by atoms with Crippen molar-refractivity contribution in [3.8, 4) is 17.6 Å². The number of methoxy groups -OCH3 is 1. The average molecular weight is 493 g/mol. The Labute approximate surface area is 210 Å². The summed E-state index contributed by atoms with van der Waals surface area (Å²) in [5.74, 6) is 1.93. The first kappa shape index (κ1) is 24.3. The zero-order valence-corrected chi connectivity index (χ0v) is 21.6. The largest absolute Gasteiger partial charge is 0.493 e. The summed E-state index contributed by atoms with van der Waals surface area (Å²) in [4.78, 5) is 6.03. The summed E-state index contributed by atoms with van der Waals surface area (Å²) in [6.07, 6.45) is 4.91. The minimum absolute atomic E-state index is 0.270. The first-order chi connectivity index (χ1) is 16.3. The van der Waals surface area contributed by atoms with Gasteiger partial charge in [-0.2, -0.15) is 5.26 Å². The number of nitrogens with zero attached hydrogens (tertiary/aromatic N) is 2. The summed E-state index contributed by atoms with van der Waals surface area (Å²) in [5, 5.41) is 11.3. The second kappa shape index (κ2) is 10.2. The number of benzene rings is 2. The Balaban J connectivity index is 1.51. The van der Waals surface area contributed by atoms with E-state index in [1.165, 1.54) is 10.4 Å². The highest BCUT2D eigenvalue weighted by molar-refractivity contribution is 7.16. The molecule has 0 saturated carbocycles. The molecule has 0 N–H and O–H groups in total. The average Bonchev–Trinajstić information content (AvgIpc) is 3.18.